The van der Waals surface area contributed by atoms with Crippen LogP contribution in [0, 0.1) is 0 Å². The van der Waals surface area contributed by atoms with Crippen LogP contribution in [0.4, 0.5) is 0 Å². The van der Waals surface area contributed by atoms with Crippen molar-refractivity contribution in [3.63, 3.8) is 0 Å². The Morgan fingerprint density at radius 1 is 1.39 bits per heavy atom. The van der Waals surface area contributed by atoms with E-state index in [0.29, 0.717) is 6.61 Å². The normalized spacial score (nSPS) is 19.3. The van der Waals surface area contributed by atoms with Crippen LogP contribution in [0.2, 0.25) is 0 Å². The Morgan fingerprint density at radius 2 is 2.28 bits per heavy atom. The number of fused-ring (bicyclic) bond motifs is 1. The first-order valence-corrected chi connectivity index (χ1v) is 6.03. The number of benzene rings is 1. The van der Waals surface area contributed by atoms with Crippen molar-refractivity contribution >= 4 is 10.9 Å². The number of methoxy groups -OCH3 is 1. The lowest BCUT2D eigenvalue weighted by Crippen LogP contribution is -2.01. The Hall–Kier alpha value is -1.81. The largest absolute Gasteiger partial charge is 0.506 e. The highest BCUT2D eigenvalue weighted by Crippen LogP contribution is 2.33. The van der Waals surface area contributed by atoms with Gasteiger partial charge in [-0.05, 0) is 30.7 Å². The van der Waals surface area contributed by atoms with Gasteiger partial charge in [-0.2, -0.15) is 0 Å². The molecule has 1 aromatic heterocycles. The van der Waals surface area contributed by atoms with Crippen molar-refractivity contribution in [2.75, 3.05) is 20.3 Å². The average Bonchev–Trinajstić information content (AvgIpc) is 2.91. The van der Waals surface area contributed by atoms with E-state index in [1.54, 1.807) is 13.2 Å². The lowest BCUT2D eigenvalue weighted by atomic mass is 10.0. The summed E-state index contributed by atoms with van der Waals surface area (Å²) >= 11 is 0. The molecule has 2 aromatic rings. The standard InChI is InChI=1S/C14H15NO3/c1-17-11-2-3-12-10(6-11)7-13(16)14(15-12)9-4-5-18-8-9/h2-3,6-7,9,16H,4-5,8H2,1H3. The molecule has 1 N–H and O–H groups in total. The van der Waals surface area contributed by atoms with Crippen LogP contribution >= 0.6 is 0 Å². The third-order valence-corrected chi connectivity index (χ3v) is 3.35. The van der Waals surface area contributed by atoms with Crippen molar-refractivity contribution in [2.24, 2.45) is 0 Å². The maximum absolute atomic E-state index is 10.1. The SMILES string of the molecule is COc1ccc2nc(C3CCOC3)c(O)cc2c1. The summed E-state index contributed by atoms with van der Waals surface area (Å²) in [4.78, 5) is 4.55. The van der Waals surface area contributed by atoms with Crippen LogP contribution in [0.1, 0.15) is 18.0 Å². The van der Waals surface area contributed by atoms with Gasteiger partial charge in [0.1, 0.15) is 11.5 Å². The minimum atomic E-state index is 0.205. The van der Waals surface area contributed by atoms with Crippen LogP contribution in [-0.4, -0.2) is 30.4 Å². The van der Waals surface area contributed by atoms with Gasteiger partial charge in [0, 0.05) is 17.9 Å². The molecule has 0 radical (unpaired) electrons. The molecule has 1 fully saturated rings. The molecule has 1 saturated heterocycles. The molecular formula is C14H15NO3. The number of ether oxygens (including phenoxy) is 2. The van der Waals surface area contributed by atoms with Crippen molar-refractivity contribution in [2.45, 2.75) is 12.3 Å². The van der Waals surface area contributed by atoms with Crippen molar-refractivity contribution in [3.05, 3.63) is 30.0 Å². The smallest absolute Gasteiger partial charge is 0.138 e. The zero-order valence-electron chi connectivity index (χ0n) is 10.2. The highest BCUT2D eigenvalue weighted by Gasteiger charge is 2.22. The van der Waals surface area contributed by atoms with Gasteiger partial charge in [-0.1, -0.05) is 0 Å². The van der Waals surface area contributed by atoms with Crippen molar-refractivity contribution in [1.82, 2.24) is 4.98 Å². The van der Waals surface area contributed by atoms with E-state index in [4.69, 9.17) is 9.47 Å². The molecule has 1 aliphatic rings. The number of aromatic hydroxyl groups is 1. The third-order valence-electron chi connectivity index (χ3n) is 3.35. The summed E-state index contributed by atoms with van der Waals surface area (Å²) in [5, 5.41) is 11.0. The molecule has 4 nitrogen and oxygen atoms in total. The van der Waals surface area contributed by atoms with Gasteiger partial charge in [0.05, 0.1) is 24.9 Å². The predicted octanol–water partition coefficient (Wildman–Crippen LogP) is 2.45. The first-order valence-electron chi connectivity index (χ1n) is 6.03. The van der Waals surface area contributed by atoms with Gasteiger partial charge < -0.3 is 14.6 Å². The van der Waals surface area contributed by atoms with E-state index >= 15 is 0 Å². The molecule has 0 aliphatic carbocycles. The summed E-state index contributed by atoms with van der Waals surface area (Å²) in [7, 11) is 1.62. The van der Waals surface area contributed by atoms with Crippen LogP contribution in [0.25, 0.3) is 10.9 Å². The molecule has 4 heteroatoms. The lowest BCUT2D eigenvalue weighted by molar-refractivity contribution is 0.193. The van der Waals surface area contributed by atoms with Crippen LogP contribution in [0.3, 0.4) is 0 Å². The molecule has 0 spiro atoms. The summed E-state index contributed by atoms with van der Waals surface area (Å²) in [6, 6.07) is 7.41. The van der Waals surface area contributed by atoms with Gasteiger partial charge >= 0.3 is 0 Å². The third kappa shape index (κ3) is 1.88. The molecule has 1 aliphatic heterocycles. The van der Waals surface area contributed by atoms with Gasteiger partial charge in [-0.3, -0.25) is 0 Å². The Bertz CT molecular complexity index is 577. The second kappa shape index (κ2) is 4.46. The molecule has 1 atom stereocenters. The van der Waals surface area contributed by atoms with Crippen LogP contribution in [0.5, 0.6) is 11.5 Å². The van der Waals surface area contributed by atoms with Crippen LogP contribution in [0.15, 0.2) is 24.3 Å². The first kappa shape index (κ1) is 11.3. The summed E-state index contributed by atoms with van der Waals surface area (Å²) < 4.78 is 10.5. The summed E-state index contributed by atoms with van der Waals surface area (Å²) in [6.07, 6.45) is 0.919. The average molecular weight is 245 g/mol. The molecular weight excluding hydrogens is 230 g/mol. The van der Waals surface area contributed by atoms with Crippen molar-refractivity contribution in [1.29, 1.82) is 0 Å². The Morgan fingerprint density at radius 3 is 3.00 bits per heavy atom. The van der Waals surface area contributed by atoms with Gasteiger partial charge in [-0.15, -0.1) is 0 Å². The van der Waals surface area contributed by atoms with Crippen molar-refractivity contribution < 1.29 is 14.6 Å². The van der Waals surface area contributed by atoms with Crippen LogP contribution in [-0.2, 0) is 4.74 Å². The fourth-order valence-electron chi connectivity index (χ4n) is 2.34. The molecule has 0 bridgehead atoms. The zero-order valence-corrected chi connectivity index (χ0v) is 10.2. The van der Waals surface area contributed by atoms with Gasteiger partial charge in [0.15, 0.2) is 0 Å². The second-order valence-corrected chi connectivity index (χ2v) is 4.51. The summed E-state index contributed by atoms with van der Waals surface area (Å²) in [6.45, 7) is 1.38. The lowest BCUT2D eigenvalue weighted by Gasteiger charge is -2.11. The molecule has 94 valence electrons. The number of nitrogens with zero attached hydrogens (tertiary/aromatic N) is 1. The minimum Gasteiger partial charge on any atom is -0.506 e. The second-order valence-electron chi connectivity index (χ2n) is 4.51. The summed E-state index contributed by atoms with van der Waals surface area (Å²) in [5.41, 5.74) is 1.61. The minimum absolute atomic E-state index is 0.205. The highest BCUT2D eigenvalue weighted by molar-refractivity contribution is 5.82. The number of aromatic nitrogens is 1. The molecule has 18 heavy (non-hydrogen) atoms. The number of hydrogen-bond acceptors (Lipinski definition) is 4. The maximum Gasteiger partial charge on any atom is 0.138 e. The van der Waals surface area contributed by atoms with E-state index in [0.717, 1.165) is 35.4 Å². The van der Waals surface area contributed by atoms with Crippen molar-refractivity contribution in [3.8, 4) is 11.5 Å². The Kier molecular flexibility index (Phi) is 2.80. The van der Waals surface area contributed by atoms with E-state index in [1.807, 2.05) is 18.2 Å². The van der Waals surface area contributed by atoms with Crippen LogP contribution < -0.4 is 4.74 Å². The fraction of sp³-hybridized carbons (Fsp3) is 0.357. The van der Waals surface area contributed by atoms with E-state index < -0.39 is 0 Å². The molecule has 0 amide bonds. The molecule has 1 aromatic carbocycles. The molecule has 0 saturated carbocycles. The van der Waals surface area contributed by atoms with Gasteiger partial charge in [-0.25, -0.2) is 4.98 Å². The highest BCUT2D eigenvalue weighted by atomic mass is 16.5. The fourth-order valence-corrected chi connectivity index (χ4v) is 2.34. The topological polar surface area (TPSA) is 51.6 Å². The maximum atomic E-state index is 10.1. The summed E-state index contributed by atoms with van der Waals surface area (Å²) in [5.74, 6) is 1.21. The van der Waals surface area contributed by atoms with E-state index in [2.05, 4.69) is 4.98 Å². The Labute approximate surface area is 105 Å². The predicted molar refractivity (Wildman–Crippen MR) is 68.1 cm³/mol. The molecule has 2 heterocycles. The Balaban J connectivity index is 2.09. The number of rotatable bonds is 2. The first-order chi connectivity index (χ1) is 8.78. The number of hydrogen-bond donors (Lipinski definition) is 1. The number of pyridine rings is 1. The monoisotopic (exact) mass is 245 g/mol. The van der Waals surface area contributed by atoms with E-state index in [-0.39, 0.29) is 11.7 Å². The molecule has 3 rings (SSSR count). The van der Waals surface area contributed by atoms with E-state index in [1.165, 1.54) is 0 Å². The van der Waals surface area contributed by atoms with E-state index in [9.17, 15) is 5.11 Å². The molecule has 1 unspecified atom stereocenters. The quantitative estimate of drug-likeness (QED) is 0.883. The van der Waals surface area contributed by atoms with Gasteiger partial charge in [0.2, 0.25) is 0 Å². The van der Waals surface area contributed by atoms with Gasteiger partial charge in [0.25, 0.3) is 0 Å². The zero-order chi connectivity index (χ0) is 12.5.